The van der Waals surface area contributed by atoms with Crippen LogP contribution in [0.4, 0.5) is 0 Å². The molecule has 0 aliphatic carbocycles. The van der Waals surface area contributed by atoms with Gasteiger partial charge in [-0.2, -0.15) is 4.31 Å². The molecular formula is C15H21NO4S. The molecular weight excluding hydrogens is 290 g/mol. The molecule has 0 radical (unpaired) electrons. The van der Waals surface area contributed by atoms with Crippen molar-refractivity contribution in [2.45, 2.75) is 32.1 Å². The van der Waals surface area contributed by atoms with Gasteiger partial charge >= 0.3 is 5.97 Å². The van der Waals surface area contributed by atoms with Gasteiger partial charge in [-0.3, -0.25) is 4.79 Å². The first-order valence-electron chi connectivity index (χ1n) is 7.00. The van der Waals surface area contributed by atoms with Gasteiger partial charge in [0.05, 0.1) is 10.3 Å². The lowest BCUT2D eigenvalue weighted by atomic mass is 9.77. The first-order valence-corrected chi connectivity index (χ1v) is 8.44. The Hall–Kier alpha value is -1.40. The number of hydrogen-bond donors (Lipinski definition) is 1. The Kier molecular flexibility index (Phi) is 4.13. The fourth-order valence-electron chi connectivity index (χ4n) is 2.75. The topological polar surface area (TPSA) is 74.7 Å². The summed E-state index contributed by atoms with van der Waals surface area (Å²) in [5.41, 5.74) is -0.00459. The van der Waals surface area contributed by atoms with Crippen molar-refractivity contribution in [1.82, 2.24) is 4.31 Å². The van der Waals surface area contributed by atoms with Crippen LogP contribution in [-0.2, 0) is 14.8 Å². The van der Waals surface area contributed by atoms with Gasteiger partial charge in [-0.15, -0.1) is 0 Å². The third kappa shape index (κ3) is 2.70. The van der Waals surface area contributed by atoms with Crippen LogP contribution in [-0.4, -0.2) is 36.9 Å². The third-order valence-corrected chi connectivity index (χ3v) is 6.32. The molecule has 1 aliphatic rings. The van der Waals surface area contributed by atoms with Crippen LogP contribution < -0.4 is 0 Å². The van der Waals surface area contributed by atoms with E-state index >= 15 is 0 Å². The molecule has 2 rings (SSSR count). The Balaban J connectivity index is 2.32. The van der Waals surface area contributed by atoms with E-state index in [9.17, 15) is 18.3 Å². The van der Waals surface area contributed by atoms with Crippen LogP contribution in [0.5, 0.6) is 0 Å². The van der Waals surface area contributed by atoms with Gasteiger partial charge in [-0.05, 0) is 31.4 Å². The summed E-state index contributed by atoms with van der Waals surface area (Å²) in [7, 11) is -3.62. The number of sulfonamides is 1. The number of benzene rings is 1. The number of hydrogen-bond acceptors (Lipinski definition) is 3. The minimum atomic E-state index is -3.62. The summed E-state index contributed by atoms with van der Waals surface area (Å²) >= 11 is 0. The van der Waals surface area contributed by atoms with Crippen LogP contribution in [0.1, 0.15) is 25.8 Å². The third-order valence-electron chi connectivity index (χ3n) is 4.46. The molecule has 0 amide bonds. The average molecular weight is 311 g/mol. The van der Waals surface area contributed by atoms with E-state index in [1.165, 1.54) is 4.31 Å². The second kappa shape index (κ2) is 5.42. The van der Waals surface area contributed by atoms with Crippen LogP contribution >= 0.6 is 0 Å². The quantitative estimate of drug-likeness (QED) is 0.924. The number of rotatable bonds is 4. The summed E-state index contributed by atoms with van der Waals surface area (Å²) in [6.45, 7) is 5.84. The molecule has 1 aromatic carbocycles. The minimum Gasteiger partial charge on any atom is -0.481 e. The molecule has 0 saturated carbocycles. The highest BCUT2D eigenvalue weighted by molar-refractivity contribution is 7.89. The summed E-state index contributed by atoms with van der Waals surface area (Å²) in [4.78, 5) is 11.8. The molecule has 1 saturated heterocycles. The summed E-state index contributed by atoms with van der Waals surface area (Å²) in [5, 5.41) is 9.50. The van der Waals surface area contributed by atoms with E-state index in [1.54, 1.807) is 24.3 Å². The maximum atomic E-state index is 12.6. The molecule has 5 nitrogen and oxygen atoms in total. The SMILES string of the molecule is Cc1ccc(S(=O)(=O)N2CCC(C(=O)O)(C(C)C)C2)cc1. The van der Waals surface area contributed by atoms with Gasteiger partial charge in [0.1, 0.15) is 0 Å². The van der Waals surface area contributed by atoms with Gasteiger partial charge in [0.15, 0.2) is 0 Å². The predicted molar refractivity (Wildman–Crippen MR) is 79.5 cm³/mol. The Morgan fingerprint density at radius 3 is 2.29 bits per heavy atom. The van der Waals surface area contributed by atoms with Crippen LogP contribution in [0, 0.1) is 18.3 Å². The maximum Gasteiger partial charge on any atom is 0.311 e. The lowest BCUT2D eigenvalue weighted by molar-refractivity contribution is -0.150. The van der Waals surface area contributed by atoms with E-state index in [-0.39, 0.29) is 23.9 Å². The number of aliphatic carboxylic acids is 1. The molecule has 1 aromatic rings. The zero-order valence-electron chi connectivity index (χ0n) is 12.5. The van der Waals surface area contributed by atoms with E-state index in [2.05, 4.69) is 0 Å². The summed E-state index contributed by atoms with van der Waals surface area (Å²) in [6, 6.07) is 6.63. The summed E-state index contributed by atoms with van der Waals surface area (Å²) in [6.07, 6.45) is 0.352. The molecule has 1 heterocycles. The number of carbonyl (C=O) groups is 1. The second-order valence-corrected chi connectivity index (χ2v) is 7.96. The van der Waals surface area contributed by atoms with Crippen LogP contribution in [0.2, 0.25) is 0 Å². The lowest BCUT2D eigenvalue weighted by Crippen LogP contribution is -2.40. The van der Waals surface area contributed by atoms with Gasteiger partial charge in [-0.1, -0.05) is 31.5 Å². The van der Waals surface area contributed by atoms with E-state index in [1.807, 2.05) is 20.8 Å². The smallest absolute Gasteiger partial charge is 0.311 e. The van der Waals surface area contributed by atoms with E-state index in [0.717, 1.165) is 5.56 Å². The minimum absolute atomic E-state index is 0.0379. The molecule has 1 N–H and O–H groups in total. The van der Waals surface area contributed by atoms with Crippen LogP contribution in [0.25, 0.3) is 0 Å². The van der Waals surface area contributed by atoms with Crippen molar-refractivity contribution in [3.63, 3.8) is 0 Å². The van der Waals surface area contributed by atoms with Crippen molar-refractivity contribution in [3.05, 3.63) is 29.8 Å². The zero-order valence-corrected chi connectivity index (χ0v) is 13.4. The molecule has 0 bridgehead atoms. The summed E-state index contributed by atoms with van der Waals surface area (Å²) in [5.74, 6) is -1.03. The average Bonchev–Trinajstić information content (AvgIpc) is 2.86. The molecule has 6 heteroatoms. The predicted octanol–water partition coefficient (Wildman–Crippen LogP) is 2.12. The Bertz CT molecular complexity index is 636. The Morgan fingerprint density at radius 1 is 1.29 bits per heavy atom. The highest BCUT2D eigenvalue weighted by Gasteiger charge is 2.50. The monoisotopic (exact) mass is 311 g/mol. The van der Waals surface area contributed by atoms with E-state index in [0.29, 0.717) is 6.42 Å². The fraction of sp³-hybridized carbons (Fsp3) is 0.533. The van der Waals surface area contributed by atoms with Gasteiger partial charge in [0, 0.05) is 13.1 Å². The molecule has 1 aliphatic heterocycles. The van der Waals surface area contributed by atoms with Gasteiger partial charge in [0.25, 0.3) is 0 Å². The highest BCUT2D eigenvalue weighted by Crippen LogP contribution is 2.40. The normalized spacial score (nSPS) is 23.6. The Labute approximate surface area is 125 Å². The van der Waals surface area contributed by atoms with Crippen molar-refractivity contribution in [2.75, 3.05) is 13.1 Å². The largest absolute Gasteiger partial charge is 0.481 e. The standard InChI is InChI=1S/C15H21NO4S/c1-11(2)15(14(17)18)8-9-16(10-15)21(19,20)13-6-4-12(3)5-7-13/h4-7,11H,8-10H2,1-3H3,(H,17,18). The molecule has 1 fully saturated rings. The molecule has 1 atom stereocenters. The number of carboxylic acids is 1. The van der Waals surface area contributed by atoms with Gasteiger partial charge in [0.2, 0.25) is 10.0 Å². The number of nitrogens with zero attached hydrogens (tertiary/aromatic N) is 1. The molecule has 21 heavy (non-hydrogen) atoms. The van der Waals surface area contributed by atoms with Crippen molar-refractivity contribution in [3.8, 4) is 0 Å². The molecule has 0 spiro atoms. The first-order chi connectivity index (χ1) is 9.70. The fourth-order valence-corrected chi connectivity index (χ4v) is 4.26. The van der Waals surface area contributed by atoms with Crippen LogP contribution in [0.3, 0.4) is 0 Å². The zero-order chi connectivity index (χ0) is 15.8. The molecule has 0 aromatic heterocycles. The second-order valence-electron chi connectivity index (χ2n) is 6.02. The van der Waals surface area contributed by atoms with Gasteiger partial charge in [-0.25, -0.2) is 8.42 Å². The maximum absolute atomic E-state index is 12.6. The molecule has 1 unspecified atom stereocenters. The van der Waals surface area contributed by atoms with E-state index in [4.69, 9.17) is 0 Å². The molecule has 116 valence electrons. The van der Waals surface area contributed by atoms with Gasteiger partial charge < -0.3 is 5.11 Å². The Morgan fingerprint density at radius 2 is 1.86 bits per heavy atom. The van der Waals surface area contributed by atoms with E-state index < -0.39 is 21.4 Å². The van der Waals surface area contributed by atoms with Crippen molar-refractivity contribution >= 4 is 16.0 Å². The highest BCUT2D eigenvalue weighted by atomic mass is 32.2. The lowest BCUT2D eigenvalue weighted by Gasteiger charge is -2.28. The van der Waals surface area contributed by atoms with Crippen molar-refractivity contribution < 1.29 is 18.3 Å². The number of carboxylic acid groups (broad SMARTS) is 1. The van der Waals surface area contributed by atoms with Crippen molar-refractivity contribution in [1.29, 1.82) is 0 Å². The first kappa shape index (κ1) is 16.0. The summed E-state index contributed by atoms with van der Waals surface area (Å²) < 4.78 is 26.5. The number of aryl methyl sites for hydroxylation is 1. The van der Waals surface area contributed by atoms with Crippen LogP contribution in [0.15, 0.2) is 29.2 Å². The van der Waals surface area contributed by atoms with Crippen molar-refractivity contribution in [2.24, 2.45) is 11.3 Å².